The van der Waals surface area contributed by atoms with Gasteiger partial charge in [-0.3, -0.25) is 0 Å². The topological polar surface area (TPSA) is 46.5 Å². The Morgan fingerprint density at radius 3 is 2.67 bits per heavy atom. The summed E-state index contributed by atoms with van der Waals surface area (Å²) in [7, 11) is -2.65. The molecule has 0 aliphatic carbocycles. The van der Waals surface area contributed by atoms with Crippen molar-refractivity contribution in [2.24, 2.45) is 0 Å². The Balaban J connectivity index is 2.68. The number of phenolic OH excluding ortho intramolecular Hbond substituents is 1. The molecule has 4 heteroatoms. The predicted octanol–water partition coefficient (Wildman–Crippen LogP) is 2.53. The SMILES string of the molecule is CC(C)(C)[P@@]1(=O)COc2cccc(O)c21. The minimum absolute atomic E-state index is 0.0864. The van der Waals surface area contributed by atoms with Gasteiger partial charge in [-0.05, 0) is 12.1 Å². The van der Waals surface area contributed by atoms with E-state index in [-0.39, 0.29) is 17.3 Å². The molecule has 1 aliphatic heterocycles. The maximum Gasteiger partial charge on any atom is 0.163 e. The van der Waals surface area contributed by atoms with E-state index in [2.05, 4.69) is 0 Å². The summed E-state index contributed by atoms with van der Waals surface area (Å²) in [6, 6.07) is 5.01. The van der Waals surface area contributed by atoms with Crippen molar-refractivity contribution in [1.29, 1.82) is 0 Å². The van der Waals surface area contributed by atoms with Crippen LogP contribution in [0, 0.1) is 0 Å². The van der Waals surface area contributed by atoms with Crippen LogP contribution in [0.25, 0.3) is 0 Å². The summed E-state index contributed by atoms with van der Waals surface area (Å²) in [4.78, 5) is 0. The third kappa shape index (κ3) is 1.37. The molecule has 0 spiro atoms. The molecule has 1 aromatic rings. The molecule has 15 heavy (non-hydrogen) atoms. The van der Waals surface area contributed by atoms with E-state index in [0.29, 0.717) is 11.1 Å². The van der Waals surface area contributed by atoms with Crippen LogP contribution in [0.5, 0.6) is 11.5 Å². The Hall–Kier alpha value is -0.950. The van der Waals surface area contributed by atoms with Gasteiger partial charge in [0, 0.05) is 5.16 Å². The zero-order chi connectivity index (χ0) is 11.3. The fraction of sp³-hybridized carbons (Fsp3) is 0.455. The van der Waals surface area contributed by atoms with Crippen molar-refractivity contribution >= 4 is 12.4 Å². The minimum atomic E-state index is -2.65. The van der Waals surface area contributed by atoms with Gasteiger partial charge in [0.2, 0.25) is 0 Å². The summed E-state index contributed by atoms with van der Waals surface area (Å²) in [5.41, 5.74) is 0. The van der Waals surface area contributed by atoms with Gasteiger partial charge in [0.25, 0.3) is 0 Å². The molecule has 0 fully saturated rings. The fourth-order valence-electron chi connectivity index (χ4n) is 1.74. The number of fused-ring (bicyclic) bond motifs is 1. The maximum atomic E-state index is 12.8. The molecule has 0 bridgehead atoms. The summed E-state index contributed by atoms with van der Waals surface area (Å²) in [6.45, 7) is 5.75. The van der Waals surface area contributed by atoms with E-state index in [0.717, 1.165) is 0 Å². The number of hydrogen-bond donors (Lipinski definition) is 1. The van der Waals surface area contributed by atoms with Crippen molar-refractivity contribution in [1.82, 2.24) is 0 Å². The molecule has 0 saturated heterocycles. The van der Waals surface area contributed by atoms with Crippen molar-refractivity contribution in [3.05, 3.63) is 18.2 Å². The summed E-state index contributed by atoms with van der Waals surface area (Å²) < 4.78 is 18.2. The predicted molar refractivity (Wildman–Crippen MR) is 60.6 cm³/mol. The van der Waals surface area contributed by atoms with Crippen molar-refractivity contribution in [3.63, 3.8) is 0 Å². The van der Waals surface area contributed by atoms with Gasteiger partial charge < -0.3 is 14.4 Å². The van der Waals surface area contributed by atoms with Crippen molar-refractivity contribution < 1.29 is 14.4 Å². The van der Waals surface area contributed by atoms with Crippen LogP contribution in [0.1, 0.15) is 20.8 Å². The first-order valence-corrected chi connectivity index (χ1v) is 6.80. The van der Waals surface area contributed by atoms with E-state index in [9.17, 15) is 9.67 Å². The van der Waals surface area contributed by atoms with E-state index >= 15 is 0 Å². The Bertz CT molecular complexity index is 446. The third-order valence-electron chi connectivity index (χ3n) is 2.82. The van der Waals surface area contributed by atoms with Crippen LogP contribution in [-0.4, -0.2) is 16.6 Å². The van der Waals surface area contributed by atoms with Gasteiger partial charge in [-0.1, -0.05) is 26.8 Å². The highest BCUT2D eigenvalue weighted by molar-refractivity contribution is 7.73. The standard InChI is InChI=1S/C11H15O3P/c1-11(2,3)15(13)7-14-9-6-4-5-8(12)10(9)15/h4-6,12H,7H2,1-3H3/t15-/m1/s1. The Labute approximate surface area is 89.4 Å². The molecule has 3 nitrogen and oxygen atoms in total. The number of rotatable bonds is 0. The zero-order valence-electron chi connectivity index (χ0n) is 9.15. The molecule has 1 aromatic carbocycles. The van der Waals surface area contributed by atoms with Gasteiger partial charge in [0.1, 0.15) is 17.8 Å². The summed E-state index contributed by atoms with van der Waals surface area (Å²) in [6.07, 6.45) is 0.198. The first-order chi connectivity index (χ1) is 6.86. The number of ether oxygens (including phenoxy) is 1. The number of benzene rings is 1. The fourth-order valence-corrected chi connectivity index (χ4v) is 4.19. The largest absolute Gasteiger partial charge is 0.507 e. The van der Waals surface area contributed by atoms with Gasteiger partial charge in [-0.15, -0.1) is 0 Å². The molecule has 0 radical (unpaired) electrons. The summed E-state index contributed by atoms with van der Waals surface area (Å²) in [5, 5.41) is 9.91. The monoisotopic (exact) mass is 226 g/mol. The highest BCUT2D eigenvalue weighted by Crippen LogP contribution is 2.62. The van der Waals surface area contributed by atoms with E-state index in [1.807, 2.05) is 20.8 Å². The second-order valence-corrected chi connectivity index (χ2v) is 8.33. The van der Waals surface area contributed by atoms with Crippen LogP contribution < -0.4 is 10.0 Å². The molecule has 2 rings (SSSR count). The lowest BCUT2D eigenvalue weighted by Crippen LogP contribution is -2.22. The smallest absolute Gasteiger partial charge is 0.163 e. The molecular weight excluding hydrogens is 211 g/mol. The zero-order valence-corrected chi connectivity index (χ0v) is 10.0. The van der Waals surface area contributed by atoms with E-state index in [1.54, 1.807) is 18.2 Å². The Kier molecular flexibility index (Phi) is 2.13. The van der Waals surface area contributed by atoms with Crippen LogP contribution in [-0.2, 0) is 4.57 Å². The number of hydrogen-bond acceptors (Lipinski definition) is 3. The molecule has 1 atom stereocenters. The van der Waals surface area contributed by atoms with Crippen molar-refractivity contribution in [2.75, 3.05) is 6.35 Å². The normalized spacial score (nSPS) is 24.7. The van der Waals surface area contributed by atoms with Gasteiger partial charge in [0.05, 0.1) is 5.30 Å². The van der Waals surface area contributed by atoms with Crippen molar-refractivity contribution in [3.8, 4) is 11.5 Å². The van der Waals surface area contributed by atoms with Crippen LogP contribution in [0.2, 0.25) is 0 Å². The molecule has 1 N–H and O–H groups in total. The average Bonchev–Trinajstić information content (AvgIpc) is 2.45. The second-order valence-electron chi connectivity index (χ2n) is 4.81. The molecule has 0 aromatic heterocycles. The molecule has 0 amide bonds. The maximum absolute atomic E-state index is 12.8. The molecule has 82 valence electrons. The number of phenols is 1. The van der Waals surface area contributed by atoms with Crippen molar-refractivity contribution in [2.45, 2.75) is 25.9 Å². The van der Waals surface area contributed by atoms with Gasteiger partial charge in [-0.2, -0.15) is 0 Å². The Morgan fingerprint density at radius 1 is 1.40 bits per heavy atom. The third-order valence-corrected chi connectivity index (χ3v) is 6.66. The lowest BCUT2D eigenvalue weighted by molar-refractivity contribution is 0.388. The highest BCUT2D eigenvalue weighted by atomic mass is 31.2. The van der Waals surface area contributed by atoms with E-state index in [4.69, 9.17) is 4.74 Å². The first-order valence-electron chi connectivity index (χ1n) is 4.91. The van der Waals surface area contributed by atoms with Crippen LogP contribution >= 0.6 is 7.14 Å². The second kappa shape index (κ2) is 3.02. The first kappa shape index (κ1) is 10.6. The minimum Gasteiger partial charge on any atom is -0.507 e. The van der Waals surface area contributed by atoms with Gasteiger partial charge >= 0.3 is 0 Å². The molecule has 0 saturated carbocycles. The summed E-state index contributed by atoms with van der Waals surface area (Å²) in [5.74, 6) is 0.650. The van der Waals surface area contributed by atoms with Crippen LogP contribution in [0.3, 0.4) is 0 Å². The van der Waals surface area contributed by atoms with Crippen LogP contribution in [0.15, 0.2) is 18.2 Å². The van der Waals surface area contributed by atoms with E-state index in [1.165, 1.54) is 0 Å². The molecule has 0 unspecified atom stereocenters. The van der Waals surface area contributed by atoms with E-state index < -0.39 is 7.14 Å². The Morgan fingerprint density at radius 2 is 2.07 bits per heavy atom. The van der Waals surface area contributed by atoms with Crippen LogP contribution in [0.4, 0.5) is 0 Å². The number of aromatic hydroxyl groups is 1. The quantitative estimate of drug-likeness (QED) is 0.691. The highest BCUT2D eigenvalue weighted by Gasteiger charge is 2.46. The molecular formula is C11H15O3P. The molecule has 1 aliphatic rings. The summed E-state index contributed by atoms with van der Waals surface area (Å²) >= 11 is 0. The molecule has 1 heterocycles. The lowest BCUT2D eigenvalue weighted by Gasteiger charge is -2.26. The van der Waals surface area contributed by atoms with Gasteiger partial charge in [-0.25, -0.2) is 0 Å². The van der Waals surface area contributed by atoms with Gasteiger partial charge in [0.15, 0.2) is 7.14 Å². The average molecular weight is 226 g/mol. The lowest BCUT2D eigenvalue weighted by atomic mass is 10.3.